The van der Waals surface area contributed by atoms with Crippen LogP contribution in [-0.4, -0.2) is 21.8 Å². The van der Waals surface area contributed by atoms with Crippen molar-refractivity contribution in [1.29, 1.82) is 5.26 Å². The lowest BCUT2D eigenvalue weighted by atomic mass is 9.91. The van der Waals surface area contributed by atoms with Crippen molar-refractivity contribution in [2.75, 3.05) is 0 Å². The van der Waals surface area contributed by atoms with Crippen LogP contribution in [0.2, 0.25) is 0 Å². The molecule has 1 saturated heterocycles. The quantitative estimate of drug-likeness (QED) is 0.703. The van der Waals surface area contributed by atoms with E-state index in [2.05, 4.69) is 10.3 Å². The van der Waals surface area contributed by atoms with Gasteiger partial charge in [-0.05, 0) is 36.1 Å². The third kappa shape index (κ3) is 2.88. The van der Waals surface area contributed by atoms with E-state index in [4.69, 9.17) is 9.68 Å². The molecular formula is C19H14N4O3S. The van der Waals surface area contributed by atoms with Crippen molar-refractivity contribution in [3.8, 4) is 16.8 Å². The second-order valence-corrected chi connectivity index (χ2v) is 7.20. The van der Waals surface area contributed by atoms with Crippen molar-refractivity contribution in [2.24, 2.45) is 0 Å². The van der Waals surface area contributed by atoms with Crippen LogP contribution in [0.15, 0.2) is 52.5 Å². The standard InChI is InChI=1S/C19H14N4O3S/c1-19(13-6-4-12(9-20)5-7-13)17(24)23(18(25)22-19)10-14-11-26-16(21-14)15-3-2-8-27-15/h2-8,11H,10H2,1H3,(H,22,25)/t19-/m1/s1. The Kier molecular flexibility index (Phi) is 4.01. The number of amides is 3. The van der Waals surface area contributed by atoms with Gasteiger partial charge in [-0.25, -0.2) is 9.78 Å². The summed E-state index contributed by atoms with van der Waals surface area (Å²) in [5.41, 5.74) is 0.401. The number of imide groups is 1. The second kappa shape index (κ2) is 6.37. The molecule has 3 amide bonds. The maximum atomic E-state index is 13.0. The van der Waals surface area contributed by atoms with E-state index >= 15 is 0 Å². The van der Waals surface area contributed by atoms with Gasteiger partial charge in [0.1, 0.15) is 11.8 Å². The fourth-order valence-electron chi connectivity index (χ4n) is 2.97. The molecule has 1 fully saturated rings. The number of urea groups is 1. The Morgan fingerprint density at radius 1 is 1.30 bits per heavy atom. The molecule has 0 saturated carbocycles. The zero-order chi connectivity index (χ0) is 19.0. The summed E-state index contributed by atoms with van der Waals surface area (Å²) in [6.07, 6.45) is 1.45. The first-order valence-corrected chi connectivity index (χ1v) is 9.02. The molecule has 0 unspecified atom stereocenters. The Morgan fingerprint density at radius 3 is 2.74 bits per heavy atom. The summed E-state index contributed by atoms with van der Waals surface area (Å²) < 4.78 is 5.45. The number of oxazole rings is 1. The number of benzene rings is 1. The zero-order valence-corrected chi connectivity index (χ0v) is 15.1. The molecule has 2 aromatic heterocycles. The van der Waals surface area contributed by atoms with Crippen LogP contribution in [-0.2, 0) is 16.9 Å². The molecule has 134 valence electrons. The van der Waals surface area contributed by atoms with Crippen LogP contribution in [0, 0.1) is 11.3 Å². The first kappa shape index (κ1) is 17.0. The first-order chi connectivity index (χ1) is 13.0. The minimum atomic E-state index is -1.19. The van der Waals surface area contributed by atoms with E-state index in [1.165, 1.54) is 17.6 Å². The van der Waals surface area contributed by atoms with Crippen LogP contribution >= 0.6 is 11.3 Å². The van der Waals surface area contributed by atoms with Gasteiger partial charge in [-0.3, -0.25) is 9.69 Å². The highest BCUT2D eigenvalue weighted by Gasteiger charge is 2.49. The highest BCUT2D eigenvalue weighted by atomic mass is 32.1. The van der Waals surface area contributed by atoms with Crippen molar-refractivity contribution < 1.29 is 14.0 Å². The predicted octanol–water partition coefficient (Wildman–Crippen LogP) is 3.24. The number of carbonyl (C=O) groups is 2. The van der Waals surface area contributed by atoms with Crippen LogP contribution in [0.5, 0.6) is 0 Å². The van der Waals surface area contributed by atoms with E-state index in [0.717, 1.165) is 9.78 Å². The minimum Gasteiger partial charge on any atom is -0.443 e. The molecule has 27 heavy (non-hydrogen) atoms. The Bertz CT molecular complexity index is 1050. The number of nitrogens with one attached hydrogen (secondary N) is 1. The lowest BCUT2D eigenvalue weighted by Crippen LogP contribution is -2.40. The minimum absolute atomic E-state index is 0.0193. The van der Waals surface area contributed by atoms with Gasteiger partial charge < -0.3 is 9.73 Å². The monoisotopic (exact) mass is 378 g/mol. The van der Waals surface area contributed by atoms with Gasteiger partial charge in [0.25, 0.3) is 5.91 Å². The lowest BCUT2D eigenvalue weighted by Gasteiger charge is -2.22. The number of rotatable bonds is 4. The van der Waals surface area contributed by atoms with Gasteiger partial charge >= 0.3 is 6.03 Å². The maximum Gasteiger partial charge on any atom is 0.325 e. The number of thiophene rings is 1. The van der Waals surface area contributed by atoms with Crippen LogP contribution in [0.25, 0.3) is 10.8 Å². The Balaban J connectivity index is 1.57. The van der Waals surface area contributed by atoms with Crippen molar-refractivity contribution >= 4 is 23.3 Å². The largest absolute Gasteiger partial charge is 0.443 e. The number of nitrogens with zero attached hydrogens (tertiary/aromatic N) is 3. The summed E-state index contributed by atoms with van der Waals surface area (Å²) in [6.45, 7) is 1.67. The van der Waals surface area contributed by atoms with Gasteiger partial charge in [-0.1, -0.05) is 18.2 Å². The maximum absolute atomic E-state index is 13.0. The number of hydrogen-bond donors (Lipinski definition) is 1. The highest BCUT2D eigenvalue weighted by Crippen LogP contribution is 2.30. The topological polar surface area (TPSA) is 99.2 Å². The smallest absolute Gasteiger partial charge is 0.325 e. The Labute approximate surface area is 158 Å². The molecule has 1 aliphatic heterocycles. The van der Waals surface area contributed by atoms with E-state index < -0.39 is 11.6 Å². The molecular weight excluding hydrogens is 364 g/mol. The normalized spacial score (nSPS) is 19.2. The highest BCUT2D eigenvalue weighted by molar-refractivity contribution is 7.13. The number of hydrogen-bond acceptors (Lipinski definition) is 6. The molecule has 0 radical (unpaired) electrons. The van der Waals surface area contributed by atoms with Crippen LogP contribution in [0.3, 0.4) is 0 Å². The third-order valence-electron chi connectivity index (χ3n) is 4.47. The summed E-state index contributed by atoms with van der Waals surface area (Å²) in [7, 11) is 0. The van der Waals surface area contributed by atoms with Crippen molar-refractivity contribution in [3.05, 3.63) is 64.9 Å². The Hall–Kier alpha value is -3.44. The van der Waals surface area contributed by atoms with Crippen molar-refractivity contribution in [3.63, 3.8) is 0 Å². The third-order valence-corrected chi connectivity index (χ3v) is 5.33. The number of carbonyl (C=O) groups excluding carboxylic acids is 2. The summed E-state index contributed by atoms with van der Waals surface area (Å²) >= 11 is 1.49. The summed E-state index contributed by atoms with van der Waals surface area (Å²) in [5.74, 6) is 0.0831. The van der Waals surface area contributed by atoms with E-state index in [0.29, 0.717) is 22.7 Å². The van der Waals surface area contributed by atoms with Crippen molar-refractivity contribution in [1.82, 2.24) is 15.2 Å². The average molecular weight is 378 g/mol. The molecule has 1 atom stereocenters. The van der Waals surface area contributed by atoms with E-state index in [1.807, 2.05) is 23.6 Å². The van der Waals surface area contributed by atoms with Crippen LogP contribution < -0.4 is 5.32 Å². The molecule has 0 spiro atoms. The molecule has 3 aromatic rings. The zero-order valence-electron chi connectivity index (χ0n) is 14.3. The lowest BCUT2D eigenvalue weighted by molar-refractivity contribution is -0.131. The molecule has 3 heterocycles. The summed E-state index contributed by atoms with van der Waals surface area (Å²) in [6, 6.07) is 11.9. The van der Waals surface area contributed by atoms with Crippen molar-refractivity contribution in [2.45, 2.75) is 19.0 Å². The van der Waals surface area contributed by atoms with Gasteiger partial charge in [-0.2, -0.15) is 5.26 Å². The predicted molar refractivity (Wildman–Crippen MR) is 97.4 cm³/mol. The van der Waals surface area contributed by atoms with E-state index in [9.17, 15) is 9.59 Å². The molecule has 1 aromatic carbocycles. The molecule has 1 N–H and O–H groups in total. The molecule has 8 heteroatoms. The van der Waals surface area contributed by atoms with Crippen LogP contribution in [0.1, 0.15) is 23.7 Å². The molecule has 4 rings (SSSR count). The van der Waals surface area contributed by atoms with E-state index in [1.54, 1.807) is 31.2 Å². The van der Waals surface area contributed by atoms with Gasteiger partial charge in [0.05, 0.1) is 28.7 Å². The molecule has 0 bridgehead atoms. The van der Waals surface area contributed by atoms with Crippen LogP contribution in [0.4, 0.5) is 4.79 Å². The Morgan fingerprint density at radius 2 is 2.07 bits per heavy atom. The van der Waals surface area contributed by atoms with Gasteiger partial charge in [0.15, 0.2) is 0 Å². The number of nitriles is 1. The summed E-state index contributed by atoms with van der Waals surface area (Å²) in [5, 5.41) is 13.6. The van der Waals surface area contributed by atoms with E-state index in [-0.39, 0.29) is 12.5 Å². The summed E-state index contributed by atoms with van der Waals surface area (Å²) in [4.78, 5) is 31.7. The van der Waals surface area contributed by atoms with Gasteiger partial charge in [0, 0.05) is 0 Å². The molecule has 0 aliphatic carbocycles. The second-order valence-electron chi connectivity index (χ2n) is 6.26. The fourth-order valence-corrected chi connectivity index (χ4v) is 3.62. The molecule has 7 nitrogen and oxygen atoms in total. The number of aromatic nitrogens is 1. The first-order valence-electron chi connectivity index (χ1n) is 8.14. The molecule has 1 aliphatic rings. The average Bonchev–Trinajstić information content (AvgIpc) is 3.40. The fraction of sp³-hybridized carbons (Fsp3) is 0.158. The van der Waals surface area contributed by atoms with Gasteiger partial charge in [-0.15, -0.1) is 11.3 Å². The van der Waals surface area contributed by atoms with Gasteiger partial charge in [0.2, 0.25) is 5.89 Å². The SMILES string of the molecule is C[C@]1(c2ccc(C#N)cc2)NC(=O)N(Cc2coc(-c3cccs3)n2)C1=O.